The van der Waals surface area contributed by atoms with Gasteiger partial charge in [-0.05, 0) is 24.3 Å². The number of rotatable bonds is 7. The Labute approximate surface area is 223 Å². The predicted octanol–water partition coefficient (Wildman–Crippen LogP) is 4.79. The molecule has 0 spiro atoms. The standard InChI is InChI=1S/C22H21IN4O6S2/c1-26(21(29)31-13-4-6-17(33-23)16(28)11-13)8-9-27(2)22(30)32-14-3-5-15-18(12-14)35-20(25-15)19-24-7-10-34-19/h3-6,11-12,28H,7-10H2,1-2H3. The summed E-state index contributed by atoms with van der Waals surface area (Å²) in [5, 5.41) is 11.6. The molecule has 0 radical (unpaired) electrons. The van der Waals surface area contributed by atoms with Gasteiger partial charge in [-0.2, -0.15) is 0 Å². The first-order valence-electron chi connectivity index (χ1n) is 10.4. The van der Waals surface area contributed by atoms with Crippen molar-refractivity contribution in [3.05, 3.63) is 41.4 Å². The van der Waals surface area contributed by atoms with Gasteiger partial charge in [0.05, 0.1) is 10.2 Å². The zero-order valence-electron chi connectivity index (χ0n) is 18.8. The quantitative estimate of drug-likeness (QED) is 0.372. The third kappa shape index (κ3) is 6.27. The number of fused-ring (bicyclic) bond motifs is 1. The Morgan fingerprint density at radius 2 is 1.71 bits per heavy atom. The van der Waals surface area contributed by atoms with Crippen LogP contribution >= 0.6 is 46.1 Å². The lowest BCUT2D eigenvalue weighted by molar-refractivity contribution is 0.145. The molecule has 184 valence electrons. The zero-order valence-corrected chi connectivity index (χ0v) is 22.6. The number of hydrogen-bond acceptors (Lipinski definition) is 10. The maximum Gasteiger partial charge on any atom is 0.415 e. The smallest absolute Gasteiger partial charge is 0.415 e. The third-order valence-electron chi connectivity index (χ3n) is 4.95. The summed E-state index contributed by atoms with van der Waals surface area (Å²) in [4.78, 5) is 36.6. The molecule has 2 amide bonds. The van der Waals surface area contributed by atoms with Crippen molar-refractivity contribution < 1.29 is 27.2 Å². The number of thioether (sulfide) groups is 1. The van der Waals surface area contributed by atoms with Crippen LogP contribution in [0.3, 0.4) is 0 Å². The number of carbonyl (C=O) groups is 2. The molecule has 2 aromatic carbocycles. The van der Waals surface area contributed by atoms with E-state index < -0.39 is 12.2 Å². The molecule has 0 bridgehead atoms. The Hall–Kier alpha value is -2.78. The lowest BCUT2D eigenvalue weighted by Gasteiger charge is -2.21. The number of aliphatic imine (C=N–C) groups is 1. The lowest BCUT2D eigenvalue weighted by atomic mass is 10.3. The Morgan fingerprint density at radius 3 is 2.31 bits per heavy atom. The normalized spacial score (nSPS) is 12.8. The fourth-order valence-corrected chi connectivity index (χ4v) is 5.29. The number of ether oxygens (including phenoxy) is 2. The van der Waals surface area contributed by atoms with Crippen molar-refractivity contribution in [2.24, 2.45) is 4.99 Å². The van der Waals surface area contributed by atoms with Crippen LogP contribution in [0.15, 0.2) is 41.4 Å². The van der Waals surface area contributed by atoms with E-state index in [2.05, 4.69) is 9.98 Å². The number of halogens is 1. The minimum absolute atomic E-state index is 0.145. The first-order chi connectivity index (χ1) is 16.8. The van der Waals surface area contributed by atoms with Crippen LogP contribution in [0.5, 0.6) is 23.0 Å². The van der Waals surface area contributed by atoms with E-state index >= 15 is 0 Å². The average Bonchev–Trinajstić information content (AvgIpc) is 3.52. The van der Waals surface area contributed by atoms with Crippen LogP contribution < -0.4 is 12.5 Å². The SMILES string of the molecule is CN(CCN(C)C(=O)Oc1ccc2nc(C3=NCCS3)sc2c1)C(=O)Oc1ccc(OI)c(O)c1. The average molecular weight is 628 g/mol. The summed E-state index contributed by atoms with van der Waals surface area (Å²) in [6.07, 6.45) is -1.18. The summed E-state index contributed by atoms with van der Waals surface area (Å²) in [5.41, 5.74) is 0.832. The maximum atomic E-state index is 12.5. The van der Waals surface area contributed by atoms with Crippen LogP contribution in [0, 0.1) is 0 Å². The molecule has 0 atom stereocenters. The molecule has 1 N–H and O–H groups in total. The Morgan fingerprint density at radius 1 is 1.06 bits per heavy atom. The summed E-state index contributed by atoms with van der Waals surface area (Å²) in [7, 11) is 3.13. The summed E-state index contributed by atoms with van der Waals surface area (Å²) in [6, 6.07) is 9.58. The first-order valence-corrected chi connectivity index (χ1v) is 13.1. The van der Waals surface area contributed by atoms with Crippen molar-refractivity contribution in [2.75, 3.05) is 39.5 Å². The minimum Gasteiger partial charge on any atom is -0.504 e. The van der Waals surface area contributed by atoms with Gasteiger partial charge in [-0.25, -0.2) is 14.6 Å². The molecule has 1 aliphatic heterocycles. The van der Waals surface area contributed by atoms with Gasteiger partial charge in [0.2, 0.25) is 0 Å². The summed E-state index contributed by atoms with van der Waals surface area (Å²) in [5.74, 6) is 1.67. The van der Waals surface area contributed by atoms with Crippen molar-refractivity contribution in [1.82, 2.24) is 14.8 Å². The number of phenolic OH excluding ortho intramolecular Hbond substituents is 1. The molecule has 0 aliphatic carbocycles. The molecule has 1 aliphatic rings. The van der Waals surface area contributed by atoms with Crippen molar-refractivity contribution >= 4 is 73.6 Å². The van der Waals surface area contributed by atoms with E-state index in [1.165, 1.54) is 39.3 Å². The van der Waals surface area contributed by atoms with Gasteiger partial charge in [0.15, 0.2) is 34.5 Å². The number of phenols is 1. The molecule has 0 saturated carbocycles. The van der Waals surface area contributed by atoms with Crippen LogP contribution in [-0.2, 0) is 0 Å². The van der Waals surface area contributed by atoms with Crippen LogP contribution in [0.1, 0.15) is 5.01 Å². The zero-order chi connectivity index (χ0) is 24.9. The van der Waals surface area contributed by atoms with Gasteiger partial charge in [0, 0.05) is 51.6 Å². The summed E-state index contributed by atoms with van der Waals surface area (Å²) >= 11 is 4.85. The molecular formula is C22H21IN4O6S2. The van der Waals surface area contributed by atoms with E-state index in [0.29, 0.717) is 5.75 Å². The summed E-state index contributed by atoms with van der Waals surface area (Å²) in [6.45, 7) is 1.24. The minimum atomic E-state index is -0.634. The Balaban J connectivity index is 1.28. The fraction of sp³-hybridized carbons (Fsp3) is 0.273. The number of likely N-dealkylation sites (N-methyl/N-ethyl adjacent to an activating group) is 2. The van der Waals surface area contributed by atoms with Gasteiger partial charge in [-0.3, -0.25) is 4.99 Å². The number of hydrogen-bond donors (Lipinski definition) is 1. The molecule has 0 fully saturated rings. The molecule has 35 heavy (non-hydrogen) atoms. The number of benzene rings is 2. The highest BCUT2D eigenvalue weighted by Crippen LogP contribution is 2.32. The van der Waals surface area contributed by atoms with Gasteiger partial charge in [-0.15, -0.1) is 23.1 Å². The van der Waals surface area contributed by atoms with E-state index in [1.807, 2.05) is 6.07 Å². The van der Waals surface area contributed by atoms with Gasteiger partial charge in [-0.1, -0.05) is 0 Å². The van der Waals surface area contributed by atoms with E-state index in [0.717, 1.165) is 32.6 Å². The monoisotopic (exact) mass is 628 g/mol. The van der Waals surface area contributed by atoms with Crippen LogP contribution in [0.25, 0.3) is 10.2 Å². The molecule has 13 heteroatoms. The second-order valence-corrected chi connectivity index (χ2v) is 10.0. The van der Waals surface area contributed by atoms with Gasteiger partial charge in [0.1, 0.15) is 21.6 Å². The van der Waals surface area contributed by atoms with E-state index in [-0.39, 0.29) is 30.3 Å². The molecule has 10 nitrogen and oxygen atoms in total. The molecule has 0 saturated heterocycles. The molecule has 1 aromatic heterocycles. The van der Waals surface area contributed by atoms with E-state index in [4.69, 9.17) is 12.5 Å². The fourth-order valence-electron chi connectivity index (χ4n) is 2.99. The summed E-state index contributed by atoms with van der Waals surface area (Å²) < 4.78 is 16.6. The van der Waals surface area contributed by atoms with Gasteiger partial charge < -0.3 is 27.4 Å². The van der Waals surface area contributed by atoms with Crippen molar-refractivity contribution in [3.63, 3.8) is 0 Å². The molecule has 0 unspecified atom stereocenters. The Kier molecular flexibility index (Phi) is 8.18. The highest BCUT2D eigenvalue weighted by molar-refractivity contribution is 14.1. The number of carbonyl (C=O) groups excluding carboxylic acids is 2. The van der Waals surface area contributed by atoms with E-state index in [9.17, 15) is 14.7 Å². The molecule has 3 aromatic rings. The first kappa shape index (κ1) is 25.3. The number of aromatic nitrogens is 1. The highest BCUT2D eigenvalue weighted by Gasteiger charge is 2.18. The number of thiazole rings is 1. The van der Waals surface area contributed by atoms with Crippen LogP contribution in [-0.4, -0.2) is 76.6 Å². The van der Waals surface area contributed by atoms with Gasteiger partial charge in [0.25, 0.3) is 0 Å². The van der Waals surface area contributed by atoms with Gasteiger partial charge >= 0.3 is 12.2 Å². The Bertz CT molecular complexity index is 1280. The molecular weight excluding hydrogens is 607 g/mol. The van der Waals surface area contributed by atoms with Crippen molar-refractivity contribution in [3.8, 4) is 23.0 Å². The van der Waals surface area contributed by atoms with Crippen LogP contribution in [0.4, 0.5) is 9.59 Å². The number of aromatic hydroxyl groups is 1. The largest absolute Gasteiger partial charge is 0.504 e. The highest BCUT2D eigenvalue weighted by atomic mass is 127. The topological polar surface area (TPSA) is 114 Å². The van der Waals surface area contributed by atoms with Crippen molar-refractivity contribution in [1.29, 1.82) is 0 Å². The third-order valence-corrected chi connectivity index (χ3v) is 7.56. The molecule has 4 rings (SSSR count). The number of amides is 2. The second kappa shape index (κ2) is 11.3. The maximum absolute atomic E-state index is 12.5. The van der Waals surface area contributed by atoms with Crippen LogP contribution in [0.2, 0.25) is 0 Å². The predicted molar refractivity (Wildman–Crippen MR) is 144 cm³/mol. The lowest BCUT2D eigenvalue weighted by Crippen LogP contribution is -2.39. The number of nitrogens with zero attached hydrogens (tertiary/aromatic N) is 4. The van der Waals surface area contributed by atoms with Crippen molar-refractivity contribution in [2.45, 2.75) is 0 Å². The molecule has 2 heterocycles. The van der Waals surface area contributed by atoms with E-state index in [1.54, 1.807) is 61.0 Å². The second-order valence-electron chi connectivity index (χ2n) is 7.47.